The van der Waals surface area contributed by atoms with Gasteiger partial charge in [0.2, 0.25) is 0 Å². The van der Waals surface area contributed by atoms with E-state index in [1.807, 2.05) is 30.3 Å². The van der Waals surface area contributed by atoms with E-state index < -0.39 is 34.3 Å². The van der Waals surface area contributed by atoms with Gasteiger partial charge in [-0.2, -0.15) is 0 Å². The maximum atomic E-state index is 13.7. The standard InChI is InChI=1S/C19H19FN2O5/c1-12-9-14(20)11-16(18(12)22(26)27)19(25)21-15(7-8-17(23)24)10-13-5-3-2-4-6-13/h2-6,9,11,15H,7-8,10H2,1H3,(H,21,25)(H,23,24). The molecule has 2 aromatic rings. The molecule has 2 rings (SSSR count). The average molecular weight is 374 g/mol. The van der Waals surface area contributed by atoms with Gasteiger partial charge in [-0.1, -0.05) is 30.3 Å². The summed E-state index contributed by atoms with van der Waals surface area (Å²) < 4.78 is 13.7. The first-order valence-electron chi connectivity index (χ1n) is 8.29. The van der Waals surface area contributed by atoms with E-state index in [1.54, 1.807) is 0 Å². The third-order valence-corrected chi connectivity index (χ3v) is 4.06. The van der Waals surface area contributed by atoms with Gasteiger partial charge in [-0.3, -0.25) is 19.7 Å². The number of amides is 1. The van der Waals surface area contributed by atoms with Crippen LogP contribution < -0.4 is 5.32 Å². The molecule has 1 atom stereocenters. The Kier molecular flexibility index (Phi) is 6.59. The number of carbonyl (C=O) groups is 2. The summed E-state index contributed by atoms with van der Waals surface area (Å²) in [5, 5.41) is 22.8. The third kappa shape index (κ3) is 5.60. The summed E-state index contributed by atoms with van der Waals surface area (Å²) in [5.74, 6) is -2.58. The highest BCUT2D eigenvalue weighted by molar-refractivity contribution is 5.98. The number of aryl methyl sites for hydroxylation is 1. The smallest absolute Gasteiger partial charge is 0.303 e. The molecule has 0 saturated carbocycles. The normalized spacial score (nSPS) is 11.6. The van der Waals surface area contributed by atoms with Crippen LogP contribution in [0.15, 0.2) is 42.5 Å². The molecule has 2 aromatic carbocycles. The SMILES string of the molecule is Cc1cc(F)cc(C(=O)NC(CCC(=O)O)Cc2ccccc2)c1[N+](=O)[O-]. The Morgan fingerprint density at radius 3 is 2.52 bits per heavy atom. The van der Waals surface area contributed by atoms with Gasteiger partial charge in [0.1, 0.15) is 11.4 Å². The molecule has 7 nitrogen and oxygen atoms in total. The lowest BCUT2D eigenvalue weighted by Crippen LogP contribution is -2.37. The Labute approximate surface area is 155 Å². The van der Waals surface area contributed by atoms with Crippen LogP contribution in [0.1, 0.15) is 34.3 Å². The van der Waals surface area contributed by atoms with Crippen LogP contribution >= 0.6 is 0 Å². The quantitative estimate of drug-likeness (QED) is 0.544. The van der Waals surface area contributed by atoms with Crippen LogP contribution in [0.5, 0.6) is 0 Å². The number of rotatable bonds is 8. The highest BCUT2D eigenvalue weighted by Crippen LogP contribution is 2.25. The molecule has 27 heavy (non-hydrogen) atoms. The maximum Gasteiger partial charge on any atom is 0.303 e. The Balaban J connectivity index is 2.27. The summed E-state index contributed by atoms with van der Waals surface area (Å²) >= 11 is 0. The van der Waals surface area contributed by atoms with E-state index in [4.69, 9.17) is 5.11 Å². The molecule has 0 radical (unpaired) electrons. The van der Waals surface area contributed by atoms with Gasteiger partial charge in [-0.15, -0.1) is 0 Å². The molecule has 0 aromatic heterocycles. The van der Waals surface area contributed by atoms with E-state index >= 15 is 0 Å². The minimum Gasteiger partial charge on any atom is -0.481 e. The van der Waals surface area contributed by atoms with Crippen LogP contribution in [0.2, 0.25) is 0 Å². The fraction of sp³-hybridized carbons (Fsp3) is 0.263. The number of halogens is 1. The van der Waals surface area contributed by atoms with Crippen LogP contribution in [-0.4, -0.2) is 27.9 Å². The number of hydrogen-bond donors (Lipinski definition) is 2. The second kappa shape index (κ2) is 8.88. The summed E-state index contributed by atoms with van der Waals surface area (Å²) in [6.07, 6.45) is 0.308. The van der Waals surface area contributed by atoms with Crippen molar-refractivity contribution in [3.05, 3.63) is 75.1 Å². The molecular weight excluding hydrogens is 355 g/mol. The Morgan fingerprint density at radius 1 is 1.26 bits per heavy atom. The number of hydrogen-bond acceptors (Lipinski definition) is 4. The topological polar surface area (TPSA) is 110 Å². The highest BCUT2D eigenvalue weighted by atomic mass is 19.1. The number of carboxylic acids is 1. The molecule has 0 heterocycles. The zero-order chi connectivity index (χ0) is 20.0. The molecule has 0 aliphatic rings. The molecule has 0 aliphatic carbocycles. The van der Waals surface area contributed by atoms with Gasteiger partial charge in [-0.25, -0.2) is 4.39 Å². The van der Waals surface area contributed by atoms with Crippen LogP contribution in [0.4, 0.5) is 10.1 Å². The van der Waals surface area contributed by atoms with Crippen LogP contribution in [0, 0.1) is 22.9 Å². The number of nitro benzene ring substituents is 1. The lowest BCUT2D eigenvalue weighted by molar-refractivity contribution is -0.385. The molecule has 2 N–H and O–H groups in total. The fourth-order valence-corrected chi connectivity index (χ4v) is 2.84. The van der Waals surface area contributed by atoms with Gasteiger partial charge in [0.15, 0.2) is 0 Å². The minimum absolute atomic E-state index is 0.0373. The largest absolute Gasteiger partial charge is 0.481 e. The van der Waals surface area contributed by atoms with Crippen molar-refractivity contribution in [2.75, 3.05) is 0 Å². The number of nitro groups is 1. The lowest BCUT2D eigenvalue weighted by Gasteiger charge is -2.18. The second-order valence-electron chi connectivity index (χ2n) is 6.17. The third-order valence-electron chi connectivity index (χ3n) is 4.06. The predicted octanol–water partition coefficient (Wildman–Crippen LogP) is 3.25. The van der Waals surface area contributed by atoms with Crippen molar-refractivity contribution < 1.29 is 24.0 Å². The van der Waals surface area contributed by atoms with E-state index in [2.05, 4.69) is 5.32 Å². The first-order valence-corrected chi connectivity index (χ1v) is 8.29. The zero-order valence-electron chi connectivity index (χ0n) is 14.6. The molecule has 1 amide bonds. The molecule has 0 fully saturated rings. The van der Waals surface area contributed by atoms with Gasteiger partial charge in [0.05, 0.1) is 4.92 Å². The Hall–Kier alpha value is -3.29. The molecule has 8 heteroatoms. The second-order valence-corrected chi connectivity index (χ2v) is 6.17. The maximum absolute atomic E-state index is 13.7. The Bertz CT molecular complexity index is 855. The minimum atomic E-state index is -1.02. The van der Waals surface area contributed by atoms with E-state index in [0.717, 1.165) is 17.7 Å². The lowest BCUT2D eigenvalue weighted by atomic mass is 10.0. The summed E-state index contributed by atoms with van der Waals surface area (Å²) in [7, 11) is 0. The van der Waals surface area contributed by atoms with Gasteiger partial charge in [-0.05, 0) is 37.5 Å². The summed E-state index contributed by atoms with van der Waals surface area (Å²) in [6.45, 7) is 1.35. The summed E-state index contributed by atoms with van der Waals surface area (Å²) in [4.78, 5) is 34.0. The number of benzene rings is 2. The highest BCUT2D eigenvalue weighted by Gasteiger charge is 2.26. The first-order chi connectivity index (χ1) is 12.8. The number of nitrogens with zero attached hydrogens (tertiary/aromatic N) is 1. The number of carbonyl (C=O) groups excluding carboxylic acids is 1. The molecule has 1 unspecified atom stereocenters. The fourth-order valence-electron chi connectivity index (χ4n) is 2.84. The van der Waals surface area contributed by atoms with Gasteiger partial charge < -0.3 is 10.4 Å². The summed E-state index contributed by atoms with van der Waals surface area (Å²) in [6, 6.07) is 10.3. The number of aliphatic carboxylic acids is 1. The van der Waals surface area contributed by atoms with Crippen LogP contribution in [0.3, 0.4) is 0 Å². The van der Waals surface area contributed by atoms with Gasteiger partial charge in [0.25, 0.3) is 11.6 Å². The number of nitrogens with one attached hydrogen (secondary N) is 1. The van der Waals surface area contributed by atoms with Crippen molar-refractivity contribution in [2.45, 2.75) is 32.2 Å². The first kappa shape index (κ1) is 20.0. The molecule has 142 valence electrons. The predicted molar refractivity (Wildman–Crippen MR) is 96.1 cm³/mol. The number of carboxylic acid groups (broad SMARTS) is 1. The van der Waals surface area contributed by atoms with E-state index in [9.17, 15) is 24.1 Å². The molecule has 0 spiro atoms. The van der Waals surface area contributed by atoms with E-state index in [1.165, 1.54) is 6.92 Å². The van der Waals surface area contributed by atoms with Crippen LogP contribution in [-0.2, 0) is 11.2 Å². The summed E-state index contributed by atoms with van der Waals surface area (Å²) in [5.41, 5.74) is 0.0601. The average Bonchev–Trinajstić information content (AvgIpc) is 2.59. The van der Waals surface area contributed by atoms with Crippen LogP contribution in [0.25, 0.3) is 0 Å². The van der Waals surface area contributed by atoms with Crippen molar-refractivity contribution in [2.24, 2.45) is 0 Å². The van der Waals surface area contributed by atoms with E-state index in [0.29, 0.717) is 6.42 Å². The van der Waals surface area contributed by atoms with Gasteiger partial charge >= 0.3 is 5.97 Å². The van der Waals surface area contributed by atoms with Crippen molar-refractivity contribution in [1.29, 1.82) is 0 Å². The zero-order valence-corrected chi connectivity index (χ0v) is 14.6. The Morgan fingerprint density at radius 2 is 1.93 bits per heavy atom. The molecular formula is C19H19FN2O5. The van der Waals surface area contributed by atoms with Crippen molar-refractivity contribution >= 4 is 17.6 Å². The monoisotopic (exact) mass is 374 g/mol. The van der Waals surface area contributed by atoms with Gasteiger partial charge in [0, 0.05) is 18.0 Å². The van der Waals surface area contributed by atoms with Crippen molar-refractivity contribution in [3.8, 4) is 0 Å². The van der Waals surface area contributed by atoms with Crippen molar-refractivity contribution in [3.63, 3.8) is 0 Å². The molecule has 0 saturated heterocycles. The molecule has 0 aliphatic heterocycles. The van der Waals surface area contributed by atoms with Crippen molar-refractivity contribution in [1.82, 2.24) is 5.32 Å². The van der Waals surface area contributed by atoms with E-state index in [-0.39, 0.29) is 24.0 Å². The molecule has 0 bridgehead atoms.